The average molecular weight is 366 g/mol. The molecule has 3 rings (SSSR count). The third kappa shape index (κ3) is 3.09. The lowest BCUT2D eigenvalue weighted by Gasteiger charge is -2.16. The first-order chi connectivity index (χ1) is 12.5. The lowest BCUT2D eigenvalue weighted by atomic mass is 10.0. The van der Waals surface area contributed by atoms with Gasteiger partial charge in [0.05, 0.1) is 5.39 Å². The van der Waals surface area contributed by atoms with Crippen molar-refractivity contribution in [3.63, 3.8) is 0 Å². The summed E-state index contributed by atoms with van der Waals surface area (Å²) in [5.41, 5.74) is 15.9. The van der Waals surface area contributed by atoms with Crippen molar-refractivity contribution in [2.75, 3.05) is 7.05 Å². The molecule has 0 radical (unpaired) electrons. The van der Waals surface area contributed by atoms with Crippen molar-refractivity contribution < 1.29 is 0 Å². The van der Waals surface area contributed by atoms with Gasteiger partial charge in [0.15, 0.2) is 0 Å². The third-order valence-corrected chi connectivity index (χ3v) is 5.16. The van der Waals surface area contributed by atoms with Crippen LogP contribution in [-0.4, -0.2) is 17.8 Å². The van der Waals surface area contributed by atoms with Crippen molar-refractivity contribution in [3.05, 3.63) is 69.1 Å². The van der Waals surface area contributed by atoms with E-state index >= 15 is 0 Å². The van der Waals surface area contributed by atoms with Gasteiger partial charge in [-0.2, -0.15) is 0 Å². The molecule has 26 heavy (non-hydrogen) atoms. The highest BCUT2D eigenvalue weighted by atomic mass is 32.1. The number of nitrogens with two attached hydrogens (primary N) is 2. The number of para-hydroxylation sites is 1. The Kier molecular flexibility index (Phi) is 5.06. The zero-order valence-electron chi connectivity index (χ0n) is 15.1. The highest BCUT2D eigenvalue weighted by molar-refractivity contribution is 7.17. The smallest absolute Gasteiger partial charge is 0.264 e. The second-order valence-electron chi connectivity index (χ2n) is 6.21. The van der Waals surface area contributed by atoms with Crippen molar-refractivity contribution in [1.82, 2.24) is 4.57 Å². The summed E-state index contributed by atoms with van der Waals surface area (Å²) in [7, 11) is 1.69. The van der Waals surface area contributed by atoms with E-state index in [1.165, 1.54) is 11.3 Å². The second kappa shape index (κ2) is 7.27. The van der Waals surface area contributed by atoms with E-state index < -0.39 is 0 Å². The molecule has 2 aromatic heterocycles. The monoisotopic (exact) mass is 366 g/mol. The van der Waals surface area contributed by atoms with Gasteiger partial charge in [0, 0.05) is 57.6 Å². The molecule has 0 fully saturated rings. The first kappa shape index (κ1) is 18.1. The van der Waals surface area contributed by atoms with Crippen molar-refractivity contribution in [3.8, 4) is 5.69 Å². The SMILES string of the molecule is CN=CC(=C(C)N)c1csc2cc([C@H](C)N)n(-c3ccccc3)c(=O)c12. The Labute approximate surface area is 156 Å². The number of rotatable bonds is 4. The van der Waals surface area contributed by atoms with Gasteiger partial charge in [0.2, 0.25) is 0 Å². The molecular formula is C20H22N4OS. The highest BCUT2D eigenvalue weighted by Gasteiger charge is 2.19. The minimum absolute atomic E-state index is 0.0968. The number of fused-ring (bicyclic) bond motifs is 1. The van der Waals surface area contributed by atoms with E-state index in [1.807, 2.05) is 55.6 Å². The average Bonchev–Trinajstić information content (AvgIpc) is 3.04. The Morgan fingerprint density at radius 3 is 2.58 bits per heavy atom. The van der Waals surface area contributed by atoms with Crippen LogP contribution in [0, 0.1) is 0 Å². The lowest BCUT2D eigenvalue weighted by Crippen LogP contribution is -2.25. The van der Waals surface area contributed by atoms with E-state index in [0.717, 1.165) is 27.2 Å². The Morgan fingerprint density at radius 2 is 2.00 bits per heavy atom. The summed E-state index contributed by atoms with van der Waals surface area (Å²) in [4.78, 5) is 17.6. The highest BCUT2D eigenvalue weighted by Crippen LogP contribution is 2.31. The topological polar surface area (TPSA) is 86.4 Å². The Bertz CT molecular complexity index is 1050. The number of hydrogen-bond donors (Lipinski definition) is 2. The van der Waals surface area contributed by atoms with Gasteiger partial charge in [-0.05, 0) is 32.0 Å². The van der Waals surface area contributed by atoms with Gasteiger partial charge in [-0.15, -0.1) is 11.3 Å². The van der Waals surface area contributed by atoms with E-state index in [2.05, 4.69) is 4.99 Å². The summed E-state index contributed by atoms with van der Waals surface area (Å²) in [6.07, 6.45) is 1.70. The molecule has 1 atom stereocenters. The molecular weight excluding hydrogens is 344 g/mol. The van der Waals surface area contributed by atoms with Crippen LogP contribution >= 0.6 is 11.3 Å². The van der Waals surface area contributed by atoms with Crippen LogP contribution in [0.5, 0.6) is 0 Å². The number of nitrogens with zero attached hydrogens (tertiary/aromatic N) is 2. The number of allylic oxidation sites excluding steroid dienone is 2. The quantitative estimate of drug-likeness (QED) is 0.693. The molecule has 2 heterocycles. The molecule has 0 unspecified atom stereocenters. The van der Waals surface area contributed by atoms with Gasteiger partial charge in [-0.3, -0.25) is 14.4 Å². The maximum absolute atomic E-state index is 13.5. The summed E-state index contributed by atoms with van der Waals surface area (Å²) in [6, 6.07) is 11.3. The van der Waals surface area contributed by atoms with Crippen molar-refractivity contribution in [2.45, 2.75) is 19.9 Å². The molecule has 0 spiro atoms. The molecule has 0 aliphatic carbocycles. The number of thiophene rings is 1. The molecule has 134 valence electrons. The van der Waals surface area contributed by atoms with Gasteiger partial charge in [-0.1, -0.05) is 18.2 Å². The molecule has 6 heteroatoms. The van der Waals surface area contributed by atoms with Crippen LogP contribution in [0.4, 0.5) is 0 Å². The van der Waals surface area contributed by atoms with E-state index in [4.69, 9.17) is 11.5 Å². The summed E-state index contributed by atoms with van der Waals surface area (Å²) in [5.74, 6) is 0. The summed E-state index contributed by atoms with van der Waals surface area (Å²) in [5, 5.41) is 2.60. The van der Waals surface area contributed by atoms with Crippen LogP contribution in [0.2, 0.25) is 0 Å². The minimum atomic E-state index is -0.277. The molecule has 0 amide bonds. The lowest BCUT2D eigenvalue weighted by molar-refractivity contribution is 0.735. The molecule has 5 nitrogen and oxygen atoms in total. The fourth-order valence-corrected chi connectivity index (χ4v) is 4.01. The number of pyridine rings is 1. The van der Waals surface area contributed by atoms with Crippen LogP contribution in [0.3, 0.4) is 0 Å². The third-order valence-electron chi connectivity index (χ3n) is 4.23. The second-order valence-corrected chi connectivity index (χ2v) is 7.12. The van der Waals surface area contributed by atoms with Crippen LogP contribution in [0.15, 0.2) is 57.3 Å². The van der Waals surface area contributed by atoms with Crippen LogP contribution in [0.25, 0.3) is 21.3 Å². The van der Waals surface area contributed by atoms with E-state index in [0.29, 0.717) is 11.1 Å². The minimum Gasteiger partial charge on any atom is -0.402 e. The summed E-state index contributed by atoms with van der Waals surface area (Å²) >= 11 is 1.51. The van der Waals surface area contributed by atoms with E-state index in [9.17, 15) is 4.79 Å². The largest absolute Gasteiger partial charge is 0.402 e. The van der Waals surface area contributed by atoms with Gasteiger partial charge in [0.1, 0.15) is 0 Å². The van der Waals surface area contributed by atoms with Gasteiger partial charge >= 0.3 is 0 Å². The molecule has 0 saturated carbocycles. The molecule has 4 N–H and O–H groups in total. The Morgan fingerprint density at radius 1 is 1.31 bits per heavy atom. The molecule has 3 aromatic rings. The number of aliphatic imine (C=N–C) groups is 1. The van der Waals surface area contributed by atoms with E-state index in [1.54, 1.807) is 17.8 Å². The fourth-order valence-electron chi connectivity index (χ4n) is 3.02. The first-order valence-corrected chi connectivity index (χ1v) is 9.20. The zero-order valence-corrected chi connectivity index (χ0v) is 15.9. The number of benzene rings is 1. The summed E-state index contributed by atoms with van der Waals surface area (Å²) < 4.78 is 2.59. The Balaban J connectivity index is 2.43. The Hall–Kier alpha value is -2.70. The zero-order chi connectivity index (χ0) is 18.8. The predicted molar refractivity (Wildman–Crippen MR) is 111 cm³/mol. The van der Waals surface area contributed by atoms with Gasteiger partial charge in [-0.25, -0.2) is 0 Å². The summed E-state index contributed by atoms with van der Waals surface area (Å²) in [6.45, 7) is 3.69. The first-order valence-electron chi connectivity index (χ1n) is 8.32. The number of hydrogen-bond acceptors (Lipinski definition) is 5. The van der Waals surface area contributed by atoms with Crippen molar-refractivity contribution in [2.24, 2.45) is 16.5 Å². The van der Waals surface area contributed by atoms with Crippen molar-refractivity contribution >= 4 is 33.2 Å². The maximum atomic E-state index is 13.5. The molecule has 0 saturated heterocycles. The normalized spacial score (nSPS) is 14.0. The van der Waals surface area contributed by atoms with Crippen LogP contribution in [0.1, 0.15) is 31.1 Å². The van der Waals surface area contributed by atoms with Gasteiger partial charge < -0.3 is 11.5 Å². The number of aromatic nitrogens is 1. The van der Waals surface area contributed by atoms with Crippen molar-refractivity contribution in [1.29, 1.82) is 0 Å². The van der Waals surface area contributed by atoms with Gasteiger partial charge in [0.25, 0.3) is 5.56 Å². The standard InChI is InChI=1S/C20H22N4OS/c1-12(21)15(10-23-3)16-11-26-18-9-17(13(2)22)24(20(25)19(16)18)14-7-5-4-6-8-14/h4-11,13H,21-22H2,1-3H3/t13-/m0/s1. The van der Waals surface area contributed by atoms with Crippen LogP contribution in [-0.2, 0) is 0 Å². The molecule has 1 aromatic carbocycles. The fraction of sp³-hybridized carbons (Fsp3) is 0.200. The maximum Gasteiger partial charge on any atom is 0.264 e. The molecule has 0 aliphatic rings. The van der Waals surface area contributed by atoms with Crippen LogP contribution < -0.4 is 17.0 Å². The van der Waals surface area contributed by atoms with E-state index in [-0.39, 0.29) is 11.6 Å². The predicted octanol–water partition coefficient (Wildman–Crippen LogP) is 3.46. The molecule has 0 bridgehead atoms. The molecule has 0 aliphatic heterocycles.